The number of nitrogens with zero attached hydrogens (tertiary/aromatic N) is 4. The molecule has 8 rings (SSSR count). The monoisotopic (exact) mass is 626 g/mol. The minimum atomic E-state index is -1.93. The normalized spacial score (nSPS) is 15.2. The molecule has 0 saturated heterocycles. The Bertz CT molecular complexity index is 2100. The summed E-state index contributed by atoms with van der Waals surface area (Å²) in [5, 5.41) is 15.6. The van der Waals surface area contributed by atoms with E-state index >= 15 is 0 Å². The van der Waals surface area contributed by atoms with Gasteiger partial charge >= 0.3 is 0 Å². The van der Waals surface area contributed by atoms with E-state index in [0.717, 1.165) is 22.6 Å². The van der Waals surface area contributed by atoms with Gasteiger partial charge in [-0.3, -0.25) is 4.90 Å². The van der Waals surface area contributed by atoms with Crippen molar-refractivity contribution < 1.29 is 0 Å². The fourth-order valence-corrected chi connectivity index (χ4v) is 13.5. The Kier molecular flexibility index (Phi) is 6.40. The van der Waals surface area contributed by atoms with Gasteiger partial charge in [0, 0.05) is 40.1 Å². The van der Waals surface area contributed by atoms with Gasteiger partial charge in [-0.1, -0.05) is 99.0 Å². The first-order chi connectivity index (χ1) is 22.3. The number of pyridine rings is 1. The number of nitriles is 1. The average Bonchev–Trinajstić information content (AvgIpc) is 3.09. The number of rotatable bonds is 3. The van der Waals surface area contributed by atoms with E-state index in [1.165, 1.54) is 43.5 Å². The molecular weight excluding hydrogens is 593 g/mol. The molecule has 2 aliphatic rings. The van der Waals surface area contributed by atoms with Crippen LogP contribution < -0.4 is 30.5 Å². The third-order valence-electron chi connectivity index (χ3n) is 9.93. The van der Waals surface area contributed by atoms with Gasteiger partial charge in [0.15, 0.2) is 0 Å². The molecule has 1 aromatic heterocycles. The second-order valence-electron chi connectivity index (χ2n) is 13.2. The number of hydrogen-bond acceptors (Lipinski definition) is 4. The zero-order chi connectivity index (χ0) is 31.6. The Morgan fingerprint density at radius 3 is 1.41 bits per heavy atom. The maximum Gasteiger partial charge on any atom is 0.137 e. The van der Waals surface area contributed by atoms with E-state index in [0.29, 0.717) is 5.56 Å². The highest BCUT2D eigenvalue weighted by Gasteiger charge is 2.40. The Balaban J connectivity index is 1.29. The molecule has 6 heteroatoms. The lowest BCUT2D eigenvalue weighted by molar-refractivity contribution is 1.18. The molecule has 0 radical (unpaired) electrons. The molecule has 5 aromatic carbocycles. The van der Waals surface area contributed by atoms with E-state index < -0.39 is 16.1 Å². The number of fused-ring (bicyclic) bond motifs is 4. The van der Waals surface area contributed by atoms with Crippen LogP contribution in [0.2, 0.25) is 26.2 Å². The third-order valence-corrected chi connectivity index (χ3v) is 17.0. The molecule has 4 nitrogen and oxygen atoms in total. The maximum absolute atomic E-state index is 9.96. The Morgan fingerprint density at radius 2 is 0.978 bits per heavy atom. The summed E-state index contributed by atoms with van der Waals surface area (Å²) >= 11 is 0. The molecule has 6 aromatic rings. The molecule has 0 bridgehead atoms. The molecule has 3 heterocycles. The zero-order valence-corrected chi connectivity index (χ0v) is 28.5. The van der Waals surface area contributed by atoms with Crippen molar-refractivity contribution in [2.45, 2.75) is 26.2 Å². The van der Waals surface area contributed by atoms with Crippen molar-refractivity contribution in [2.24, 2.45) is 0 Å². The largest absolute Gasteiger partial charge is 0.310 e. The highest BCUT2D eigenvalue weighted by Crippen LogP contribution is 2.44. The molecule has 0 saturated carbocycles. The number of para-hydroxylation sites is 4. The summed E-state index contributed by atoms with van der Waals surface area (Å²) in [5.74, 6) is 0.882. The van der Waals surface area contributed by atoms with E-state index in [-0.39, 0.29) is 0 Å². The van der Waals surface area contributed by atoms with Gasteiger partial charge in [-0.2, -0.15) is 5.26 Å². The first-order valence-electron chi connectivity index (χ1n) is 15.8. The average molecular weight is 627 g/mol. The van der Waals surface area contributed by atoms with Crippen LogP contribution in [-0.2, 0) is 0 Å². The van der Waals surface area contributed by atoms with Crippen LogP contribution in [0.3, 0.4) is 0 Å². The fourth-order valence-electron chi connectivity index (χ4n) is 7.55. The minimum Gasteiger partial charge on any atom is -0.310 e. The Hall–Kier alpha value is -5.23. The zero-order valence-electron chi connectivity index (χ0n) is 26.5. The smallest absolute Gasteiger partial charge is 0.137 e. The van der Waals surface area contributed by atoms with Gasteiger partial charge < -0.3 is 4.90 Å². The van der Waals surface area contributed by atoms with E-state index in [1.54, 1.807) is 0 Å². The van der Waals surface area contributed by atoms with Crippen LogP contribution in [-0.4, -0.2) is 21.1 Å². The standard InChI is InChI=1S/C40H34N4Si2/c1-45(2)36-17-9-5-13-32(36)43(33-14-6-10-18-37(33)45)31-23-21-28(26-41)25-30(31)29-22-24-40(42-27-29)44-34-15-7-11-19-38(34)46(3,4)39-20-12-8-16-35(39)44/h5-25,27H,1-4H3. The Morgan fingerprint density at radius 1 is 0.522 bits per heavy atom. The molecule has 222 valence electrons. The highest BCUT2D eigenvalue weighted by molar-refractivity contribution is 7.03. The summed E-state index contributed by atoms with van der Waals surface area (Å²) in [6.45, 7) is 9.74. The number of hydrogen-bond donors (Lipinski definition) is 0. The second kappa shape index (κ2) is 10.4. The molecule has 2 aliphatic heterocycles. The number of anilines is 6. The van der Waals surface area contributed by atoms with Crippen LogP contribution in [0.4, 0.5) is 34.3 Å². The molecular formula is C40H34N4Si2. The van der Waals surface area contributed by atoms with Gasteiger partial charge in [-0.25, -0.2) is 4.98 Å². The predicted molar refractivity (Wildman–Crippen MR) is 197 cm³/mol. The van der Waals surface area contributed by atoms with Crippen molar-refractivity contribution in [3.05, 3.63) is 139 Å². The summed E-state index contributed by atoms with van der Waals surface area (Å²) in [4.78, 5) is 9.82. The van der Waals surface area contributed by atoms with Gasteiger partial charge in [0.05, 0.1) is 17.3 Å². The Labute approximate surface area is 272 Å². The number of aromatic nitrogens is 1. The van der Waals surface area contributed by atoms with Crippen molar-refractivity contribution in [3.8, 4) is 17.2 Å². The molecule has 0 amide bonds. The second-order valence-corrected chi connectivity index (χ2v) is 21.9. The third kappa shape index (κ3) is 4.13. The van der Waals surface area contributed by atoms with Gasteiger partial charge in [0.2, 0.25) is 0 Å². The summed E-state index contributed by atoms with van der Waals surface area (Å²) in [7, 11) is -3.80. The molecule has 0 spiro atoms. The lowest BCUT2D eigenvalue weighted by atomic mass is 10.0. The molecule has 46 heavy (non-hydrogen) atoms. The summed E-state index contributed by atoms with van der Waals surface area (Å²) in [6, 6.07) is 47.9. The molecule has 0 aliphatic carbocycles. The lowest BCUT2D eigenvalue weighted by Gasteiger charge is -2.41. The van der Waals surface area contributed by atoms with Crippen molar-refractivity contribution in [1.82, 2.24) is 4.98 Å². The first kappa shape index (κ1) is 28.3. The van der Waals surface area contributed by atoms with Crippen molar-refractivity contribution in [1.29, 1.82) is 5.26 Å². The first-order valence-corrected chi connectivity index (χ1v) is 21.8. The number of benzene rings is 5. The van der Waals surface area contributed by atoms with Crippen molar-refractivity contribution in [3.63, 3.8) is 0 Å². The summed E-state index contributed by atoms with van der Waals surface area (Å²) in [6.07, 6.45) is 1.97. The van der Waals surface area contributed by atoms with E-state index in [2.05, 4.69) is 157 Å². The van der Waals surface area contributed by atoms with Crippen LogP contribution in [0, 0.1) is 11.3 Å². The fraction of sp³-hybridized carbons (Fsp3) is 0.100. The highest BCUT2D eigenvalue weighted by atomic mass is 28.3. The predicted octanol–water partition coefficient (Wildman–Crippen LogP) is 7.83. The van der Waals surface area contributed by atoms with Crippen LogP contribution in [0.1, 0.15) is 5.56 Å². The van der Waals surface area contributed by atoms with E-state index in [4.69, 9.17) is 4.98 Å². The molecule has 0 atom stereocenters. The molecule has 0 unspecified atom stereocenters. The van der Waals surface area contributed by atoms with Gasteiger partial charge in [-0.15, -0.1) is 0 Å². The SMILES string of the molecule is C[Si]1(C)c2ccccc2N(c2ccc(-c3cc(C#N)ccc3N3c4ccccc4[Si](C)(C)c4ccccc43)cn2)c2ccccc21. The molecule has 0 fully saturated rings. The van der Waals surface area contributed by atoms with E-state index in [9.17, 15) is 5.26 Å². The van der Waals surface area contributed by atoms with Gasteiger partial charge in [0.1, 0.15) is 22.0 Å². The van der Waals surface area contributed by atoms with Crippen LogP contribution in [0.25, 0.3) is 11.1 Å². The summed E-state index contributed by atoms with van der Waals surface area (Å²) < 4.78 is 0. The quantitative estimate of drug-likeness (QED) is 0.188. The lowest BCUT2D eigenvalue weighted by Crippen LogP contribution is -2.58. The molecule has 0 N–H and O–H groups in total. The van der Waals surface area contributed by atoms with Crippen molar-refractivity contribution in [2.75, 3.05) is 9.80 Å². The topological polar surface area (TPSA) is 43.2 Å². The van der Waals surface area contributed by atoms with Crippen LogP contribution in [0.5, 0.6) is 0 Å². The minimum absolute atomic E-state index is 0.627. The van der Waals surface area contributed by atoms with Gasteiger partial charge in [-0.05, 0) is 75.3 Å². The van der Waals surface area contributed by atoms with Crippen LogP contribution in [0.15, 0.2) is 134 Å². The van der Waals surface area contributed by atoms with Crippen molar-refractivity contribution >= 4 is 71.1 Å². The van der Waals surface area contributed by atoms with Gasteiger partial charge in [0.25, 0.3) is 0 Å². The summed E-state index contributed by atoms with van der Waals surface area (Å²) in [5.41, 5.74) is 8.46. The van der Waals surface area contributed by atoms with Crippen LogP contribution >= 0.6 is 0 Å². The van der Waals surface area contributed by atoms with E-state index in [1.807, 2.05) is 18.3 Å². The maximum atomic E-state index is 9.96.